The number of carbonyl (C=O) groups excluding carboxylic acids is 1. The van der Waals surface area contributed by atoms with Crippen LogP contribution in [0, 0.1) is 11.8 Å². The van der Waals surface area contributed by atoms with Crippen molar-refractivity contribution >= 4 is 5.91 Å². The predicted octanol–water partition coefficient (Wildman–Crippen LogP) is 2.09. The summed E-state index contributed by atoms with van der Waals surface area (Å²) in [7, 11) is 0. The first-order valence-electron chi connectivity index (χ1n) is 6.11. The first kappa shape index (κ1) is 13.7. The molecule has 0 aromatic heterocycles. The van der Waals surface area contributed by atoms with E-state index in [1.54, 1.807) is 0 Å². The number of nitrogens with one attached hydrogen (secondary N) is 1. The highest BCUT2D eigenvalue weighted by Gasteiger charge is 2.21. The first-order valence-corrected chi connectivity index (χ1v) is 6.11. The van der Waals surface area contributed by atoms with E-state index in [4.69, 9.17) is 5.73 Å². The molecule has 1 rings (SSSR count). The van der Waals surface area contributed by atoms with E-state index in [2.05, 4.69) is 5.32 Å². The highest BCUT2D eigenvalue weighted by molar-refractivity contribution is 5.79. The van der Waals surface area contributed by atoms with E-state index in [1.807, 2.05) is 51.1 Å². The Kier molecular flexibility index (Phi) is 5.16. The molecule has 1 amide bonds. The van der Waals surface area contributed by atoms with Crippen LogP contribution >= 0.6 is 0 Å². The predicted molar refractivity (Wildman–Crippen MR) is 70.4 cm³/mol. The average molecular weight is 234 g/mol. The largest absolute Gasteiger partial charge is 0.349 e. The van der Waals surface area contributed by atoms with E-state index in [0.29, 0.717) is 6.54 Å². The zero-order valence-electron chi connectivity index (χ0n) is 10.8. The Morgan fingerprint density at radius 1 is 1.24 bits per heavy atom. The van der Waals surface area contributed by atoms with E-state index in [-0.39, 0.29) is 23.8 Å². The summed E-state index contributed by atoms with van der Waals surface area (Å²) >= 11 is 0. The molecule has 0 radical (unpaired) electrons. The van der Waals surface area contributed by atoms with Crippen LogP contribution in [0.1, 0.15) is 32.4 Å². The van der Waals surface area contributed by atoms with Gasteiger partial charge < -0.3 is 11.1 Å². The number of hydrogen-bond donors (Lipinski definition) is 2. The van der Waals surface area contributed by atoms with E-state index in [9.17, 15) is 4.79 Å². The zero-order chi connectivity index (χ0) is 12.8. The maximum atomic E-state index is 12.0. The van der Waals surface area contributed by atoms with Crippen LogP contribution in [0.25, 0.3) is 0 Å². The summed E-state index contributed by atoms with van der Waals surface area (Å²) in [5.74, 6) is 0.197. The van der Waals surface area contributed by atoms with Crippen LogP contribution in [0.15, 0.2) is 30.3 Å². The number of hydrogen-bond acceptors (Lipinski definition) is 2. The first-order chi connectivity index (χ1) is 8.06. The second-order valence-corrected chi connectivity index (χ2v) is 4.73. The minimum atomic E-state index is -0.110. The molecule has 3 heteroatoms. The molecule has 2 atom stereocenters. The van der Waals surface area contributed by atoms with Gasteiger partial charge in [0.1, 0.15) is 0 Å². The third-order valence-electron chi connectivity index (χ3n) is 3.05. The van der Waals surface area contributed by atoms with Gasteiger partial charge in [-0.05, 0) is 18.4 Å². The highest BCUT2D eigenvalue weighted by Crippen LogP contribution is 2.14. The van der Waals surface area contributed by atoms with E-state index >= 15 is 0 Å². The molecule has 0 heterocycles. The maximum absolute atomic E-state index is 12.0. The Morgan fingerprint density at radius 2 is 1.82 bits per heavy atom. The van der Waals surface area contributed by atoms with Gasteiger partial charge >= 0.3 is 0 Å². The summed E-state index contributed by atoms with van der Waals surface area (Å²) in [5, 5.41) is 3.01. The molecule has 0 saturated heterocycles. The van der Waals surface area contributed by atoms with Crippen molar-refractivity contribution in [2.45, 2.75) is 26.8 Å². The van der Waals surface area contributed by atoms with E-state index in [0.717, 1.165) is 5.56 Å². The Labute approximate surface area is 103 Å². The Bertz CT molecular complexity index is 348. The lowest BCUT2D eigenvalue weighted by Gasteiger charge is -2.21. The lowest BCUT2D eigenvalue weighted by atomic mass is 9.94. The Hall–Kier alpha value is -1.35. The molecule has 3 N–H and O–H groups in total. The molecule has 94 valence electrons. The average Bonchev–Trinajstić information content (AvgIpc) is 2.30. The monoisotopic (exact) mass is 234 g/mol. The summed E-state index contributed by atoms with van der Waals surface area (Å²) in [4.78, 5) is 12.0. The van der Waals surface area contributed by atoms with E-state index in [1.165, 1.54) is 0 Å². The molecule has 17 heavy (non-hydrogen) atoms. The third kappa shape index (κ3) is 3.86. The summed E-state index contributed by atoms with van der Waals surface area (Å²) in [6.07, 6.45) is 0. The molecular formula is C14H22N2O. The van der Waals surface area contributed by atoms with Gasteiger partial charge in [0.05, 0.1) is 12.0 Å². The number of benzene rings is 1. The lowest BCUT2D eigenvalue weighted by Crippen LogP contribution is -2.39. The maximum Gasteiger partial charge on any atom is 0.225 e. The minimum absolute atomic E-state index is 0.0245. The van der Waals surface area contributed by atoms with Gasteiger partial charge in [-0.3, -0.25) is 4.79 Å². The summed E-state index contributed by atoms with van der Waals surface area (Å²) in [5.41, 5.74) is 6.74. The van der Waals surface area contributed by atoms with Crippen LogP contribution < -0.4 is 11.1 Å². The minimum Gasteiger partial charge on any atom is -0.349 e. The molecule has 0 spiro atoms. The van der Waals surface area contributed by atoms with Gasteiger partial charge in [-0.15, -0.1) is 0 Å². The molecule has 1 aromatic carbocycles. The second-order valence-electron chi connectivity index (χ2n) is 4.73. The molecule has 0 aliphatic heterocycles. The molecule has 0 bridgehead atoms. The number of nitrogens with two attached hydrogens (primary N) is 1. The number of amides is 1. The van der Waals surface area contributed by atoms with Gasteiger partial charge in [0.25, 0.3) is 0 Å². The van der Waals surface area contributed by atoms with Crippen LogP contribution in [0.3, 0.4) is 0 Å². The fraction of sp³-hybridized carbons (Fsp3) is 0.500. The molecule has 0 aliphatic rings. The van der Waals surface area contributed by atoms with E-state index < -0.39 is 0 Å². The van der Waals surface area contributed by atoms with Crippen molar-refractivity contribution in [1.29, 1.82) is 0 Å². The molecule has 0 aliphatic carbocycles. The fourth-order valence-corrected chi connectivity index (χ4v) is 1.83. The molecule has 0 fully saturated rings. The lowest BCUT2D eigenvalue weighted by molar-refractivity contribution is -0.126. The SMILES string of the molecule is CC(C)C(CN)C(=O)N[C@@H](C)c1ccccc1. The van der Waals surface area contributed by atoms with Gasteiger partial charge in [-0.25, -0.2) is 0 Å². The van der Waals surface area contributed by atoms with Crippen molar-refractivity contribution in [3.8, 4) is 0 Å². The smallest absolute Gasteiger partial charge is 0.225 e. The van der Waals surface area contributed by atoms with Crippen LogP contribution in [0.5, 0.6) is 0 Å². The van der Waals surface area contributed by atoms with Crippen LogP contribution in [0.4, 0.5) is 0 Å². The fourth-order valence-electron chi connectivity index (χ4n) is 1.83. The summed E-state index contributed by atoms with van der Waals surface area (Å²) in [6, 6.07) is 9.96. The third-order valence-corrected chi connectivity index (χ3v) is 3.05. The number of carbonyl (C=O) groups is 1. The molecule has 1 aromatic rings. The van der Waals surface area contributed by atoms with Crippen molar-refractivity contribution in [2.75, 3.05) is 6.54 Å². The van der Waals surface area contributed by atoms with Crippen LogP contribution in [0.2, 0.25) is 0 Å². The molecule has 3 nitrogen and oxygen atoms in total. The summed E-state index contributed by atoms with van der Waals surface area (Å²) < 4.78 is 0. The van der Waals surface area contributed by atoms with Crippen LogP contribution in [-0.4, -0.2) is 12.5 Å². The highest BCUT2D eigenvalue weighted by atomic mass is 16.2. The van der Waals surface area contributed by atoms with Crippen molar-refractivity contribution in [3.63, 3.8) is 0 Å². The molecule has 1 unspecified atom stereocenters. The Balaban J connectivity index is 2.63. The van der Waals surface area contributed by atoms with Gasteiger partial charge in [-0.2, -0.15) is 0 Å². The molecular weight excluding hydrogens is 212 g/mol. The second kappa shape index (κ2) is 6.40. The van der Waals surface area contributed by atoms with Crippen molar-refractivity contribution in [3.05, 3.63) is 35.9 Å². The van der Waals surface area contributed by atoms with Gasteiger partial charge in [0.15, 0.2) is 0 Å². The van der Waals surface area contributed by atoms with Gasteiger partial charge in [-0.1, -0.05) is 44.2 Å². The van der Waals surface area contributed by atoms with Gasteiger partial charge in [0.2, 0.25) is 5.91 Å². The van der Waals surface area contributed by atoms with Crippen molar-refractivity contribution < 1.29 is 4.79 Å². The quantitative estimate of drug-likeness (QED) is 0.819. The molecule has 0 saturated carbocycles. The normalized spacial score (nSPS) is 14.4. The van der Waals surface area contributed by atoms with Crippen molar-refractivity contribution in [2.24, 2.45) is 17.6 Å². The van der Waals surface area contributed by atoms with Crippen molar-refractivity contribution in [1.82, 2.24) is 5.32 Å². The standard InChI is InChI=1S/C14H22N2O/c1-10(2)13(9-15)14(17)16-11(3)12-7-5-4-6-8-12/h4-8,10-11,13H,9,15H2,1-3H3,(H,16,17)/t11-,13?/m0/s1. The summed E-state index contributed by atoms with van der Waals surface area (Å²) in [6.45, 7) is 6.42. The topological polar surface area (TPSA) is 55.1 Å². The Morgan fingerprint density at radius 3 is 2.29 bits per heavy atom. The zero-order valence-corrected chi connectivity index (χ0v) is 10.8. The van der Waals surface area contributed by atoms with Crippen LogP contribution in [-0.2, 0) is 4.79 Å². The van der Waals surface area contributed by atoms with Gasteiger partial charge in [0, 0.05) is 6.54 Å². The number of rotatable bonds is 5.